The van der Waals surface area contributed by atoms with Gasteiger partial charge in [-0.1, -0.05) is 78.9 Å². The van der Waals surface area contributed by atoms with Gasteiger partial charge < -0.3 is 19.3 Å². The van der Waals surface area contributed by atoms with E-state index in [9.17, 15) is 19.2 Å². The molecule has 2 heterocycles. The molecule has 0 saturated carbocycles. The van der Waals surface area contributed by atoms with E-state index < -0.39 is 31.3 Å². The van der Waals surface area contributed by atoms with Crippen molar-refractivity contribution in [2.75, 3.05) is 33.0 Å². The van der Waals surface area contributed by atoms with Crippen molar-refractivity contribution in [1.29, 1.82) is 0 Å². The van der Waals surface area contributed by atoms with Crippen LogP contribution in [0.1, 0.15) is 45.5 Å². The Morgan fingerprint density at radius 2 is 1.40 bits per heavy atom. The van der Waals surface area contributed by atoms with Gasteiger partial charge in [-0.05, 0) is 41.4 Å². The van der Waals surface area contributed by atoms with Crippen molar-refractivity contribution in [3.05, 3.63) is 95.6 Å². The summed E-state index contributed by atoms with van der Waals surface area (Å²) >= 11 is 0. The molecule has 0 aromatic heterocycles. The van der Waals surface area contributed by atoms with Crippen LogP contribution in [0, 0.1) is 5.41 Å². The molecular formula is C33H33NO8. The molecule has 0 unspecified atom stereocenters. The van der Waals surface area contributed by atoms with Crippen LogP contribution in [0.25, 0.3) is 11.1 Å². The summed E-state index contributed by atoms with van der Waals surface area (Å²) in [4.78, 5) is 52.3. The third kappa shape index (κ3) is 6.75. The number of nitrogens with zero attached hydrogens (tertiary/aromatic N) is 1. The monoisotopic (exact) mass is 571 g/mol. The number of aliphatic hydroxyl groups excluding tert-OH is 1. The van der Waals surface area contributed by atoms with E-state index in [1.807, 2.05) is 30.3 Å². The molecule has 2 aliphatic rings. The van der Waals surface area contributed by atoms with Crippen molar-refractivity contribution in [2.24, 2.45) is 5.41 Å². The van der Waals surface area contributed by atoms with E-state index in [0.717, 1.165) is 29.5 Å². The number of rotatable bonds is 9. The molecule has 9 heteroatoms. The Morgan fingerprint density at radius 3 is 2.00 bits per heavy atom. The summed E-state index contributed by atoms with van der Waals surface area (Å²) in [7, 11) is 0. The number of benzene rings is 3. The van der Waals surface area contributed by atoms with Gasteiger partial charge in [-0.3, -0.25) is 14.5 Å². The number of carbonyl (C=O) groups excluding carboxylic acids is 4. The summed E-state index contributed by atoms with van der Waals surface area (Å²) in [6.45, 7) is 0.591. The number of ketones is 2. The smallest absolute Gasteiger partial charge is 0.410 e. The van der Waals surface area contributed by atoms with E-state index in [0.29, 0.717) is 37.3 Å². The topological polar surface area (TPSA) is 119 Å². The van der Waals surface area contributed by atoms with Gasteiger partial charge in [-0.2, -0.15) is 0 Å². The lowest BCUT2D eigenvalue weighted by molar-refractivity contribution is -0.147. The first-order valence-corrected chi connectivity index (χ1v) is 14.0. The molecule has 1 N–H and O–H groups in total. The molecule has 42 heavy (non-hydrogen) atoms. The molecule has 9 nitrogen and oxygen atoms in total. The van der Waals surface area contributed by atoms with Crippen LogP contribution in [0.4, 0.5) is 4.79 Å². The highest BCUT2D eigenvalue weighted by Crippen LogP contribution is 2.43. The van der Waals surface area contributed by atoms with Gasteiger partial charge >= 0.3 is 12.1 Å². The molecule has 5 rings (SSSR count). The number of esters is 1. The van der Waals surface area contributed by atoms with Crippen LogP contribution in [-0.4, -0.2) is 72.6 Å². The van der Waals surface area contributed by atoms with Crippen LogP contribution in [0.15, 0.2) is 78.9 Å². The quantitative estimate of drug-likeness (QED) is 0.295. The van der Waals surface area contributed by atoms with Crippen molar-refractivity contribution in [3.63, 3.8) is 0 Å². The maximum atomic E-state index is 13.2. The second-order valence-electron chi connectivity index (χ2n) is 10.8. The summed E-state index contributed by atoms with van der Waals surface area (Å²) in [5.41, 5.74) is 3.07. The second kappa shape index (κ2) is 13.1. The Bertz CT molecular complexity index is 1410. The number of carbonyl (C=O) groups is 4. The summed E-state index contributed by atoms with van der Waals surface area (Å²) in [5.74, 6) is -1.35. The van der Waals surface area contributed by atoms with Crippen LogP contribution in [-0.2, 0) is 25.6 Å². The minimum Gasteiger partial charge on any atom is -0.456 e. The molecule has 0 bridgehead atoms. The molecular weight excluding hydrogens is 538 g/mol. The highest BCUT2D eigenvalue weighted by molar-refractivity contribution is 5.99. The summed E-state index contributed by atoms with van der Waals surface area (Å²) in [6.07, 6.45) is 1.30. The number of ether oxygens (including phenoxy) is 3. The van der Waals surface area contributed by atoms with Crippen LogP contribution < -0.4 is 0 Å². The van der Waals surface area contributed by atoms with Crippen molar-refractivity contribution < 1.29 is 38.5 Å². The average Bonchev–Trinajstić information content (AvgIpc) is 3.41. The van der Waals surface area contributed by atoms with Crippen LogP contribution in [0.3, 0.4) is 0 Å². The number of aliphatic hydroxyl groups is 1. The maximum absolute atomic E-state index is 13.2. The SMILES string of the molecule is O=C(CO)c1ccc(-c2ccc(C(=O)COC(=O)[C@@H]3CC4(CCOCC4)CN3C(=O)OCc3ccccc3)cc2)cc1. The zero-order chi connectivity index (χ0) is 29.5. The third-order valence-corrected chi connectivity index (χ3v) is 8.01. The van der Waals surface area contributed by atoms with E-state index >= 15 is 0 Å². The minimum atomic E-state index is -0.845. The summed E-state index contributed by atoms with van der Waals surface area (Å²) < 4.78 is 16.5. The Kier molecular flexibility index (Phi) is 9.09. The van der Waals surface area contributed by atoms with E-state index in [4.69, 9.17) is 19.3 Å². The van der Waals surface area contributed by atoms with Crippen molar-refractivity contribution in [3.8, 4) is 11.1 Å². The van der Waals surface area contributed by atoms with Gasteiger partial charge in [0.25, 0.3) is 0 Å². The molecule has 3 aromatic carbocycles. The second-order valence-corrected chi connectivity index (χ2v) is 10.8. The third-order valence-electron chi connectivity index (χ3n) is 8.01. The maximum Gasteiger partial charge on any atom is 0.410 e. The molecule has 1 spiro atoms. The highest BCUT2D eigenvalue weighted by Gasteiger charge is 2.50. The van der Waals surface area contributed by atoms with E-state index in [2.05, 4.69) is 0 Å². The predicted octanol–water partition coefficient (Wildman–Crippen LogP) is 4.46. The first kappa shape index (κ1) is 29.2. The lowest BCUT2D eigenvalue weighted by atomic mass is 9.78. The fraction of sp³-hybridized carbons (Fsp3) is 0.333. The van der Waals surface area contributed by atoms with Crippen LogP contribution in [0.5, 0.6) is 0 Å². The first-order chi connectivity index (χ1) is 20.4. The van der Waals surface area contributed by atoms with Gasteiger partial charge in [0, 0.05) is 30.9 Å². The Balaban J connectivity index is 1.20. The van der Waals surface area contributed by atoms with Crippen LogP contribution >= 0.6 is 0 Å². The zero-order valence-electron chi connectivity index (χ0n) is 23.2. The number of hydrogen-bond acceptors (Lipinski definition) is 8. The molecule has 3 aromatic rings. The molecule has 1 atom stereocenters. The molecule has 0 aliphatic carbocycles. The summed E-state index contributed by atoms with van der Waals surface area (Å²) in [5, 5.41) is 9.01. The lowest BCUT2D eigenvalue weighted by Gasteiger charge is -2.32. The van der Waals surface area contributed by atoms with Gasteiger partial charge in [0.05, 0.1) is 0 Å². The first-order valence-electron chi connectivity index (χ1n) is 14.0. The predicted molar refractivity (Wildman–Crippen MR) is 153 cm³/mol. The molecule has 1 amide bonds. The number of amides is 1. The fourth-order valence-corrected chi connectivity index (χ4v) is 5.53. The molecule has 218 valence electrons. The van der Waals surface area contributed by atoms with Crippen molar-refractivity contribution in [1.82, 2.24) is 4.90 Å². The zero-order valence-corrected chi connectivity index (χ0v) is 23.2. The van der Waals surface area contributed by atoms with E-state index in [-0.39, 0.29) is 23.6 Å². The Labute approximate surface area is 244 Å². The van der Waals surface area contributed by atoms with Crippen LogP contribution in [0.2, 0.25) is 0 Å². The molecule has 2 fully saturated rings. The minimum absolute atomic E-state index is 0.0907. The Morgan fingerprint density at radius 1 is 0.810 bits per heavy atom. The van der Waals surface area contributed by atoms with Gasteiger partial charge in [-0.15, -0.1) is 0 Å². The summed E-state index contributed by atoms with van der Waals surface area (Å²) in [6, 6.07) is 22.1. The fourth-order valence-electron chi connectivity index (χ4n) is 5.53. The average molecular weight is 572 g/mol. The van der Waals surface area contributed by atoms with Gasteiger partial charge in [0.2, 0.25) is 0 Å². The molecule has 2 saturated heterocycles. The van der Waals surface area contributed by atoms with Gasteiger partial charge in [-0.25, -0.2) is 9.59 Å². The molecule has 0 radical (unpaired) electrons. The number of hydrogen-bond donors (Lipinski definition) is 1. The normalized spacial score (nSPS) is 17.5. The number of likely N-dealkylation sites (tertiary alicyclic amines) is 1. The van der Waals surface area contributed by atoms with Gasteiger partial charge in [0.15, 0.2) is 18.2 Å². The number of Topliss-reactive ketones (excluding diaryl/α,β-unsaturated/α-hetero) is 2. The van der Waals surface area contributed by atoms with Crippen molar-refractivity contribution in [2.45, 2.75) is 31.9 Å². The molecule has 2 aliphatic heterocycles. The standard InChI is InChI=1S/C33H33NO8/c35-19-29(36)26-10-6-24(7-11-26)25-8-12-27(13-9-25)30(37)21-41-31(38)28-18-33(14-16-40-17-15-33)22-34(28)32(39)42-20-23-4-2-1-3-5-23/h1-13,28,35H,14-22H2/t28-/m0/s1. The van der Waals surface area contributed by atoms with E-state index in [1.54, 1.807) is 48.5 Å². The largest absolute Gasteiger partial charge is 0.456 e. The highest BCUT2D eigenvalue weighted by atomic mass is 16.6. The lowest BCUT2D eigenvalue weighted by Crippen LogP contribution is -2.42. The van der Waals surface area contributed by atoms with E-state index in [1.165, 1.54) is 4.90 Å². The van der Waals surface area contributed by atoms with Crippen molar-refractivity contribution >= 4 is 23.6 Å². The van der Waals surface area contributed by atoms with Gasteiger partial charge in [0.1, 0.15) is 19.3 Å². The Hall–Kier alpha value is -4.34.